The Morgan fingerprint density at radius 1 is 1.36 bits per heavy atom. The molecule has 140 valence electrons. The Labute approximate surface area is 149 Å². The van der Waals surface area contributed by atoms with Crippen LogP contribution in [0.2, 0.25) is 0 Å². The molecule has 0 radical (unpaired) electrons. The molecule has 10 heteroatoms. The van der Waals surface area contributed by atoms with Gasteiger partial charge in [-0.25, -0.2) is 17.4 Å². The predicted octanol–water partition coefficient (Wildman–Crippen LogP) is 1.74. The molecule has 2 rings (SSSR count). The monoisotopic (exact) mass is 390 g/mol. The number of hydrogen-bond acceptors (Lipinski definition) is 6. The van der Waals surface area contributed by atoms with Crippen molar-refractivity contribution < 1.29 is 26.7 Å². The van der Waals surface area contributed by atoms with E-state index >= 15 is 0 Å². The zero-order valence-corrected chi connectivity index (χ0v) is 15.6. The van der Waals surface area contributed by atoms with Crippen molar-refractivity contribution in [1.82, 2.24) is 0 Å². The molecule has 1 saturated heterocycles. The molecular weight excluding hydrogens is 368 g/mol. The second-order valence-corrected chi connectivity index (χ2v) is 9.32. The Morgan fingerprint density at radius 3 is 2.64 bits per heavy atom. The maximum Gasteiger partial charge on any atom is 0.411 e. The molecule has 1 fully saturated rings. The van der Waals surface area contributed by atoms with Crippen molar-refractivity contribution in [3.63, 3.8) is 0 Å². The van der Waals surface area contributed by atoms with E-state index in [0.717, 1.165) is 24.3 Å². The molecule has 25 heavy (non-hydrogen) atoms. The second-order valence-electron chi connectivity index (χ2n) is 5.84. The number of carbonyl (C=O) groups excluding carboxylic acids is 1. The van der Waals surface area contributed by atoms with Crippen LogP contribution in [-0.2, 0) is 25.7 Å². The standard InChI is InChI=1S/C15H22N2O6S2/c1-12-10-13(17-6-2-3-7-17)4-5-14(12)16-15(18)23-8-9-25(21,22)11-24(19)20/h4-5,10H,2-3,6-9,11H2,1H3,(H,16,18)(H,19,20). The topological polar surface area (TPSA) is 113 Å². The summed E-state index contributed by atoms with van der Waals surface area (Å²) in [6.07, 6.45) is 1.59. The van der Waals surface area contributed by atoms with Crippen LogP contribution in [0.4, 0.5) is 16.2 Å². The molecule has 1 aliphatic rings. The van der Waals surface area contributed by atoms with Gasteiger partial charge in [-0.05, 0) is 43.5 Å². The molecule has 0 bridgehead atoms. The fraction of sp³-hybridized carbons (Fsp3) is 0.533. The first-order valence-electron chi connectivity index (χ1n) is 7.84. The molecule has 0 aromatic heterocycles. The molecule has 2 N–H and O–H groups in total. The van der Waals surface area contributed by atoms with Gasteiger partial charge in [0.05, 0.1) is 5.75 Å². The number of sulfone groups is 1. The van der Waals surface area contributed by atoms with E-state index in [0.29, 0.717) is 5.69 Å². The third-order valence-corrected chi connectivity index (χ3v) is 6.86. The molecule has 1 aliphatic heterocycles. The lowest BCUT2D eigenvalue weighted by Gasteiger charge is -2.19. The van der Waals surface area contributed by atoms with Gasteiger partial charge in [-0.3, -0.25) is 5.32 Å². The second kappa shape index (κ2) is 8.63. The van der Waals surface area contributed by atoms with Crippen LogP contribution in [0.5, 0.6) is 0 Å². The average Bonchev–Trinajstić information content (AvgIpc) is 3.02. The number of rotatable bonds is 7. The summed E-state index contributed by atoms with van der Waals surface area (Å²) in [5.74, 6) is -0.500. The summed E-state index contributed by atoms with van der Waals surface area (Å²) in [5.41, 5.74) is 2.58. The predicted molar refractivity (Wildman–Crippen MR) is 97.0 cm³/mol. The average molecular weight is 390 g/mol. The molecule has 1 unspecified atom stereocenters. The third-order valence-electron chi connectivity index (χ3n) is 3.83. The van der Waals surface area contributed by atoms with Crippen molar-refractivity contribution in [3.8, 4) is 0 Å². The highest BCUT2D eigenvalue weighted by atomic mass is 32.3. The van der Waals surface area contributed by atoms with E-state index in [1.54, 1.807) is 6.07 Å². The first-order valence-corrected chi connectivity index (χ1v) is 10.9. The Balaban J connectivity index is 1.85. The summed E-state index contributed by atoms with van der Waals surface area (Å²) in [6, 6.07) is 5.70. The number of benzene rings is 1. The van der Waals surface area contributed by atoms with Crippen molar-refractivity contribution in [1.29, 1.82) is 0 Å². The lowest BCUT2D eigenvalue weighted by Crippen LogP contribution is -2.22. The van der Waals surface area contributed by atoms with E-state index in [2.05, 4.69) is 10.2 Å². The Hall–Kier alpha value is -1.65. The van der Waals surface area contributed by atoms with E-state index in [1.165, 1.54) is 12.8 Å². The number of aryl methyl sites for hydroxylation is 1. The molecule has 0 spiro atoms. The number of nitrogens with zero attached hydrogens (tertiary/aromatic N) is 1. The van der Waals surface area contributed by atoms with Crippen molar-refractivity contribution in [2.75, 3.05) is 40.8 Å². The molecule has 1 amide bonds. The van der Waals surface area contributed by atoms with E-state index in [-0.39, 0.29) is 6.61 Å². The summed E-state index contributed by atoms with van der Waals surface area (Å²) in [4.78, 5) is 14.0. The fourth-order valence-corrected chi connectivity index (χ4v) is 4.62. The number of anilines is 2. The quantitative estimate of drug-likeness (QED) is 0.682. The number of ether oxygens (including phenoxy) is 1. The molecule has 1 aromatic carbocycles. The van der Waals surface area contributed by atoms with Crippen molar-refractivity contribution >= 4 is 38.4 Å². The van der Waals surface area contributed by atoms with E-state index in [4.69, 9.17) is 9.29 Å². The van der Waals surface area contributed by atoms with Crippen LogP contribution in [0, 0.1) is 6.92 Å². The SMILES string of the molecule is Cc1cc(N2CCCC2)ccc1NC(=O)OCCS(=O)(=O)CS(=O)O. The summed E-state index contributed by atoms with van der Waals surface area (Å²) in [5, 5.41) is 1.71. The molecule has 1 atom stereocenters. The fourth-order valence-electron chi connectivity index (χ4n) is 2.58. The number of hydrogen-bond donors (Lipinski definition) is 2. The number of nitrogens with one attached hydrogen (secondary N) is 1. The largest absolute Gasteiger partial charge is 0.448 e. The van der Waals surface area contributed by atoms with E-state index < -0.39 is 37.8 Å². The van der Waals surface area contributed by atoms with E-state index in [9.17, 15) is 17.4 Å². The zero-order valence-electron chi connectivity index (χ0n) is 13.9. The number of carbonyl (C=O) groups is 1. The minimum atomic E-state index is -3.73. The summed E-state index contributed by atoms with van der Waals surface area (Å²) in [6.45, 7) is 3.55. The van der Waals surface area contributed by atoms with Crippen LogP contribution in [0.15, 0.2) is 18.2 Å². The van der Waals surface area contributed by atoms with Crippen molar-refractivity contribution in [2.24, 2.45) is 0 Å². The van der Waals surface area contributed by atoms with Gasteiger partial charge in [0.25, 0.3) is 0 Å². The maximum atomic E-state index is 11.8. The maximum absolute atomic E-state index is 11.8. The van der Waals surface area contributed by atoms with Gasteiger partial charge >= 0.3 is 6.09 Å². The van der Waals surface area contributed by atoms with E-state index in [1.807, 2.05) is 19.1 Å². The minimum absolute atomic E-state index is 0.379. The summed E-state index contributed by atoms with van der Waals surface area (Å²) in [7, 11) is -3.73. The molecule has 1 aromatic rings. The summed E-state index contributed by atoms with van der Waals surface area (Å²) >= 11 is -2.44. The molecule has 0 saturated carbocycles. The van der Waals surface area contributed by atoms with Crippen LogP contribution in [0.25, 0.3) is 0 Å². The van der Waals surface area contributed by atoms with Gasteiger partial charge in [-0.2, -0.15) is 0 Å². The van der Waals surface area contributed by atoms with Gasteiger partial charge < -0.3 is 14.2 Å². The number of amides is 1. The highest BCUT2D eigenvalue weighted by Crippen LogP contribution is 2.25. The highest BCUT2D eigenvalue weighted by Gasteiger charge is 2.16. The van der Waals surface area contributed by atoms with Gasteiger partial charge in [0.2, 0.25) is 0 Å². The highest BCUT2D eigenvalue weighted by molar-refractivity contribution is 8.03. The lowest BCUT2D eigenvalue weighted by molar-refractivity contribution is 0.168. The summed E-state index contributed by atoms with van der Waals surface area (Å²) < 4.78 is 46.8. The molecule has 8 nitrogen and oxygen atoms in total. The van der Waals surface area contributed by atoms with Crippen LogP contribution in [-0.4, -0.2) is 53.8 Å². The third kappa shape index (κ3) is 6.29. The first kappa shape index (κ1) is 19.7. The Morgan fingerprint density at radius 2 is 2.04 bits per heavy atom. The van der Waals surface area contributed by atoms with Gasteiger partial charge in [0.15, 0.2) is 26.0 Å². The smallest absolute Gasteiger partial charge is 0.411 e. The Kier molecular flexibility index (Phi) is 6.79. The van der Waals surface area contributed by atoms with Crippen LogP contribution >= 0.6 is 0 Å². The molecule has 1 heterocycles. The van der Waals surface area contributed by atoms with Gasteiger partial charge in [0, 0.05) is 24.5 Å². The Bertz CT molecular complexity index is 744. The van der Waals surface area contributed by atoms with Crippen LogP contribution < -0.4 is 10.2 Å². The van der Waals surface area contributed by atoms with Crippen LogP contribution in [0.3, 0.4) is 0 Å². The molecular formula is C15H22N2O6S2. The van der Waals surface area contributed by atoms with Gasteiger partial charge in [0.1, 0.15) is 6.61 Å². The molecule has 0 aliphatic carbocycles. The minimum Gasteiger partial charge on any atom is -0.448 e. The lowest BCUT2D eigenvalue weighted by atomic mass is 10.1. The zero-order chi connectivity index (χ0) is 18.4. The van der Waals surface area contributed by atoms with Crippen molar-refractivity contribution in [3.05, 3.63) is 23.8 Å². The van der Waals surface area contributed by atoms with Gasteiger partial charge in [-0.1, -0.05) is 0 Å². The van der Waals surface area contributed by atoms with Gasteiger partial charge in [-0.15, -0.1) is 0 Å². The normalized spacial score (nSPS) is 15.8. The van der Waals surface area contributed by atoms with Crippen molar-refractivity contribution in [2.45, 2.75) is 19.8 Å². The van der Waals surface area contributed by atoms with Crippen LogP contribution in [0.1, 0.15) is 18.4 Å². The first-order chi connectivity index (χ1) is 11.8.